The van der Waals surface area contributed by atoms with Crippen molar-refractivity contribution in [3.63, 3.8) is 0 Å². The Bertz CT molecular complexity index is 199. The van der Waals surface area contributed by atoms with E-state index in [1.165, 1.54) is 12.8 Å². The third-order valence-electron chi connectivity index (χ3n) is 3.57. The highest BCUT2D eigenvalue weighted by Crippen LogP contribution is 2.48. The quantitative estimate of drug-likeness (QED) is 0.599. The molecule has 3 fully saturated rings. The molecule has 1 saturated carbocycles. The monoisotopic (exact) mass is 169 g/mol. The van der Waals surface area contributed by atoms with Crippen molar-refractivity contribution in [2.45, 2.75) is 57.3 Å². The summed E-state index contributed by atoms with van der Waals surface area (Å²) in [5.41, 5.74) is 6.17. The predicted molar refractivity (Wildman–Crippen MR) is 48.9 cm³/mol. The molecule has 3 aliphatic rings. The lowest BCUT2D eigenvalue weighted by molar-refractivity contribution is -0.235. The van der Waals surface area contributed by atoms with E-state index in [0.717, 1.165) is 6.42 Å². The summed E-state index contributed by atoms with van der Waals surface area (Å²) in [4.78, 5) is 0. The van der Waals surface area contributed by atoms with Gasteiger partial charge in [-0.2, -0.15) is 0 Å². The third-order valence-corrected chi connectivity index (χ3v) is 3.57. The van der Waals surface area contributed by atoms with Crippen molar-refractivity contribution >= 4 is 0 Å². The lowest BCUT2D eigenvalue weighted by Gasteiger charge is -2.56. The molecule has 1 aliphatic carbocycles. The fourth-order valence-corrected chi connectivity index (χ4v) is 3.08. The Kier molecular flexibility index (Phi) is 1.59. The maximum absolute atomic E-state index is 6.10. The minimum Gasteiger partial charge on any atom is -0.369 e. The van der Waals surface area contributed by atoms with Gasteiger partial charge in [0.05, 0.1) is 11.2 Å². The van der Waals surface area contributed by atoms with E-state index in [-0.39, 0.29) is 11.2 Å². The van der Waals surface area contributed by atoms with Gasteiger partial charge in [0, 0.05) is 12.0 Å². The van der Waals surface area contributed by atoms with E-state index in [1.807, 2.05) is 0 Å². The van der Waals surface area contributed by atoms with Crippen molar-refractivity contribution in [1.29, 1.82) is 0 Å². The van der Waals surface area contributed by atoms with Crippen LogP contribution < -0.4 is 5.73 Å². The summed E-state index contributed by atoms with van der Waals surface area (Å²) in [6.45, 7) is 6.55. The van der Waals surface area contributed by atoms with Gasteiger partial charge in [0.25, 0.3) is 0 Å². The summed E-state index contributed by atoms with van der Waals surface area (Å²) in [6.07, 6.45) is 3.47. The van der Waals surface area contributed by atoms with Crippen molar-refractivity contribution in [2.75, 3.05) is 0 Å². The number of fused-ring (bicyclic) bond motifs is 3. The van der Waals surface area contributed by atoms with Gasteiger partial charge in [-0.15, -0.1) is 0 Å². The number of hydrogen-bond acceptors (Lipinski definition) is 2. The van der Waals surface area contributed by atoms with Gasteiger partial charge in [-0.25, -0.2) is 0 Å². The van der Waals surface area contributed by atoms with Crippen molar-refractivity contribution in [2.24, 2.45) is 11.7 Å². The van der Waals surface area contributed by atoms with Crippen LogP contribution in [0.4, 0.5) is 0 Å². The SMILES string of the molecule is CC1(C)O[C@@]2(C)CC[C@@H]1[C@H](N)C2. The van der Waals surface area contributed by atoms with Crippen LogP contribution in [0.2, 0.25) is 0 Å². The van der Waals surface area contributed by atoms with Crippen LogP contribution in [0.3, 0.4) is 0 Å². The van der Waals surface area contributed by atoms with Gasteiger partial charge in [-0.1, -0.05) is 0 Å². The van der Waals surface area contributed by atoms with Gasteiger partial charge in [0.1, 0.15) is 0 Å². The Morgan fingerprint density at radius 1 is 1.33 bits per heavy atom. The van der Waals surface area contributed by atoms with E-state index in [1.54, 1.807) is 0 Å². The van der Waals surface area contributed by atoms with E-state index in [0.29, 0.717) is 12.0 Å². The van der Waals surface area contributed by atoms with Crippen molar-refractivity contribution in [3.05, 3.63) is 0 Å². The molecule has 2 N–H and O–H groups in total. The molecule has 2 nitrogen and oxygen atoms in total. The van der Waals surface area contributed by atoms with Gasteiger partial charge in [-0.3, -0.25) is 0 Å². The normalized spacial score (nSPS) is 51.0. The van der Waals surface area contributed by atoms with Gasteiger partial charge < -0.3 is 10.5 Å². The van der Waals surface area contributed by atoms with Crippen molar-refractivity contribution < 1.29 is 4.74 Å². The molecule has 0 aromatic heterocycles. The Balaban J connectivity index is 2.28. The molecule has 2 aliphatic heterocycles. The molecule has 3 rings (SSSR count). The highest BCUT2D eigenvalue weighted by atomic mass is 16.5. The average molecular weight is 169 g/mol. The van der Waals surface area contributed by atoms with Crippen LogP contribution in [0.1, 0.15) is 40.0 Å². The van der Waals surface area contributed by atoms with Crippen molar-refractivity contribution in [1.82, 2.24) is 0 Å². The first-order chi connectivity index (χ1) is 5.43. The molecular formula is C10H19NO. The molecule has 2 heterocycles. The van der Waals surface area contributed by atoms with Crippen LogP contribution in [0.5, 0.6) is 0 Å². The van der Waals surface area contributed by atoms with Gasteiger partial charge in [0.2, 0.25) is 0 Å². The number of hydrogen-bond donors (Lipinski definition) is 1. The molecule has 0 unspecified atom stereocenters. The topological polar surface area (TPSA) is 35.2 Å². The van der Waals surface area contributed by atoms with E-state index < -0.39 is 0 Å². The highest BCUT2D eigenvalue weighted by Gasteiger charge is 2.51. The molecule has 2 heteroatoms. The Hall–Kier alpha value is -0.0800. The van der Waals surface area contributed by atoms with Crippen LogP contribution in [-0.2, 0) is 4.74 Å². The van der Waals surface area contributed by atoms with E-state index >= 15 is 0 Å². The molecule has 0 aromatic rings. The van der Waals surface area contributed by atoms with Crippen LogP contribution >= 0.6 is 0 Å². The molecule has 2 bridgehead atoms. The van der Waals surface area contributed by atoms with E-state index in [9.17, 15) is 0 Å². The molecule has 12 heavy (non-hydrogen) atoms. The zero-order chi connectivity index (χ0) is 8.98. The molecule has 0 spiro atoms. The first kappa shape index (κ1) is 8.52. The summed E-state index contributed by atoms with van der Waals surface area (Å²) in [5, 5.41) is 0. The average Bonchev–Trinajstić information content (AvgIpc) is 1.80. The first-order valence-electron chi connectivity index (χ1n) is 4.89. The Morgan fingerprint density at radius 3 is 2.42 bits per heavy atom. The fraction of sp³-hybridized carbons (Fsp3) is 1.00. The lowest BCUT2D eigenvalue weighted by atomic mass is 9.66. The third kappa shape index (κ3) is 1.09. The first-order valence-corrected chi connectivity index (χ1v) is 4.89. The molecular weight excluding hydrogens is 150 g/mol. The summed E-state index contributed by atoms with van der Waals surface area (Å²) in [5.74, 6) is 0.569. The number of nitrogens with two attached hydrogens (primary N) is 1. The van der Waals surface area contributed by atoms with E-state index in [4.69, 9.17) is 10.5 Å². The van der Waals surface area contributed by atoms with Crippen LogP contribution in [0.15, 0.2) is 0 Å². The van der Waals surface area contributed by atoms with Gasteiger partial charge in [0.15, 0.2) is 0 Å². The lowest BCUT2D eigenvalue weighted by Crippen LogP contribution is -2.62. The van der Waals surface area contributed by atoms with Crippen LogP contribution in [0.25, 0.3) is 0 Å². The predicted octanol–water partition coefficient (Wildman–Crippen LogP) is 1.68. The number of ether oxygens (including phenoxy) is 1. The smallest absolute Gasteiger partial charge is 0.0677 e. The molecule has 3 atom stereocenters. The van der Waals surface area contributed by atoms with E-state index in [2.05, 4.69) is 20.8 Å². The second-order valence-corrected chi connectivity index (χ2v) is 5.17. The zero-order valence-electron chi connectivity index (χ0n) is 8.26. The molecule has 70 valence electrons. The second-order valence-electron chi connectivity index (χ2n) is 5.17. The largest absolute Gasteiger partial charge is 0.369 e. The highest BCUT2D eigenvalue weighted by molar-refractivity contribution is 5.03. The van der Waals surface area contributed by atoms with Crippen LogP contribution in [-0.4, -0.2) is 17.2 Å². The molecule has 0 aromatic carbocycles. The minimum absolute atomic E-state index is 0.00463. The Morgan fingerprint density at radius 2 is 2.00 bits per heavy atom. The summed E-state index contributed by atoms with van der Waals surface area (Å²) in [6, 6.07) is 0.354. The standard InChI is InChI=1S/C10H19NO/c1-9(2)7-4-5-10(3,12-9)6-8(7)11/h7-8H,4-6,11H2,1-3H3/t7-,8-,10+/m1/s1. The summed E-state index contributed by atoms with van der Waals surface area (Å²) < 4.78 is 6.05. The fourth-order valence-electron chi connectivity index (χ4n) is 3.08. The maximum Gasteiger partial charge on any atom is 0.0677 e. The molecule has 0 amide bonds. The maximum atomic E-state index is 6.10. The van der Waals surface area contributed by atoms with Gasteiger partial charge in [-0.05, 0) is 40.0 Å². The van der Waals surface area contributed by atoms with Crippen LogP contribution in [0, 0.1) is 5.92 Å². The minimum atomic E-state index is 0.00463. The Labute approximate surface area is 74.5 Å². The van der Waals surface area contributed by atoms with Gasteiger partial charge >= 0.3 is 0 Å². The zero-order valence-corrected chi connectivity index (χ0v) is 8.26. The molecule has 2 saturated heterocycles. The summed E-state index contributed by atoms with van der Waals surface area (Å²) >= 11 is 0. The summed E-state index contributed by atoms with van der Waals surface area (Å²) in [7, 11) is 0. The second kappa shape index (κ2) is 2.24. The number of rotatable bonds is 0. The van der Waals surface area contributed by atoms with Crippen molar-refractivity contribution in [3.8, 4) is 0 Å². The molecule has 0 radical (unpaired) electrons.